The number of hydrogen-bond donors (Lipinski definition) is 1. The number of ether oxygens (including phenoxy) is 1. The predicted octanol–water partition coefficient (Wildman–Crippen LogP) is 4.80. The summed E-state index contributed by atoms with van der Waals surface area (Å²) >= 11 is 0. The van der Waals surface area contributed by atoms with Crippen molar-refractivity contribution in [3.8, 4) is 0 Å². The Hall–Kier alpha value is -1.20. The number of ketones is 1. The number of carbonyl (C=O) groups is 1. The van der Waals surface area contributed by atoms with Crippen LogP contribution in [-0.4, -0.2) is 40.0 Å². The van der Waals surface area contributed by atoms with E-state index in [0.717, 1.165) is 44.4 Å². The molecule has 1 aromatic heterocycles. The Balaban J connectivity index is 1.37. The average Bonchev–Trinajstić information content (AvgIpc) is 3.30. The van der Waals surface area contributed by atoms with Gasteiger partial charge in [-0.3, -0.25) is 9.48 Å². The maximum absolute atomic E-state index is 13.4. The molecule has 0 amide bonds. The second kappa shape index (κ2) is 7.94. The minimum absolute atomic E-state index is 0.127. The minimum Gasteiger partial charge on any atom is -0.390 e. The largest absolute Gasteiger partial charge is 0.390 e. The van der Waals surface area contributed by atoms with E-state index < -0.39 is 5.60 Å². The van der Waals surface area contributed by atoms with E-state index in [1.807, 2.05) is 37.9 Å². The Labute approximate surface area is 193 Å². The molecule has 4 aliphatic carbocycles. The highest BCUT2D eigenvalue weighted by molar-refractivity contribution is 5.82. The molecule has 32 heavy (non-hydrogen) atoms. The predicted molar refractivity (Wildman–Crippen MR) is 124 cm³/mol. The molecule has 0 unspecified atom stereocenters. The second-order valence-corrected chi connectivity index (χ2v) is 12.3. The number of nitrogens with zero attached hydrogens (tertiary/aromatic N) is 2. The lowest BCUT2D eigenvalue weighted by atomic mass is 9.43. The third-order valence-corrected chi connectivity index (χ3v) is 10.5. The Morgan fingerprint density at radius 2 is 1.97 bits per heavy atom. The lowest BCUT2D eigenvalue weighted by Gasteiger charge is -2.62. The van der Waals surface area contributed by atoms with E-state index in [1.54, 1.807) is 0 Å². The van der Waals surface area contributed by atoms with E-state index in [1.165, 1.54) is 25.7 Å². The van der Waals surface area contributed by atoms with Crippen molar-refractivity contribution in [1.29, 1.82) is 0 Å². The molecule has 4 aliphatic rings. The van der Waals surface area contributed by atoms with Crippen LogP contribution in [0, 0.1) is 47.3 Å². The van der Waals surface area contributed by atoms with Gasteiger partial charge in [0.05, 0.1) is 24.4 Å². The molecule has 4 saturated carbocycles. The van der Waals surface area contributed by atoms with Gasteiger partial charge in [0.1, 0.15) is 0 Å². The summed E-state index contributed by atoms with van der Waals surface area (Å²) in [7, 11) is 1.86. The summed E-state index contributed by atoms with van der Waals surface area (Å²) in [5.41, 5.74) is 0.797. The molecule has 8 atom stereocenters. The van der Waals surface area contributed by atoms with Crippen molar-refractivity contribution < 1.29 is 14.6 Å². The molecule has 4 fully saturated rings. The van der Waals surface area contributed by atoms with Crippen molar-refractivity contribution in [3.05, 3.63) is 18.0 Å². The summed E-state index contributed by atoms with van der Waals surface area (Å²) in [4.78, 5) is 13.4. The third kappa shape index (κ3) is 3.50. The van der Waals surface area contributed by atoms with Gasteiger partial charge in [-0.2, -0.15) is 5.10 Å². The Morgan fingerprint density at radius 3 is 2.69 bits per heavy atom. The molecule has 5 heteroatoms. The summed E-state index contributed by atoms with van der Waals surface area (Å²) in [6, 6.07) is 1.98. The molecule has 178 valence electrons. The highest BCUT2D eigenvalue weighted by Crippen LogP contribution is 2.68. The first-order valence-electron chi connectivity index (χ1n) is 12.9. The number of fused-ring (bicyclic) bond motifs is 5. The fraction of sp³-hybridized carbons (Fsp3) is 0.852. The maximum atomic E-state index is 13.4. The molecule has 5 nitrogen and oxygen atoms in total. The smallest absolute Gasteiger partial charge is 0.157 e. The van der Waals surface area contributed by atoms with Crippen LogP contribution in [0.1, 0.15) is 77.3 Å². The molecule has 0 bridgehead atoms. The van der Waals surface area contributed by atoms with E-state index in [2.05, 4.69) is 12.0 Å². The number of Topliss-reactive ketones (excluding diaryl/α,β-unsaturated/α-hetero) is 1. The molecule has 1 aromatic rings. The quantitative estimate of drug-likeness (QED) is 0.712. The third-order valence-electron chi connectivity index (χ3n) is 10.5. The van der Waals surface area contributed by atoms with Crippen LogP contribution in [0.3, 0.4) is 0 Å². The highest BCUT2D eigenvalue weighted by Gasteiger charge is 2.63. The maximum Gasteiger partial charge on any atom is 0.157 e. The summed E-state index contributed by atoms with van der Waals surface area (Å²) in [5.74, 6) is 3.14. The zero-order valence-corrected chi connectivity index (χ0v) is 20.5. The SMILES string of the molecule is COC[C@]12CC[C@@](C)(O)C[C@H]1CC[C@H]1[C@@H]3CC[C@H](C(=O)Cn4ccc(C)n4)[C@@]3(C)CC[C@@H]12. The zero-order valence-electron chi connectivity index (χ0n) is 20.5. The van der Waals surface area contributed by atoms with Crippen LogP contribution in [0.5, 0.6) is 0 Å². The van der Waals surface area contributed by atoms with Gasteiger partial charge in [-0.25, -0.2) is 0 Å². The number of rotatable bonds is 5. The van der Waals surface area contributed by atoms with Crippen LogP contribution in [0.15, 0.2) is 12.3 Å². The fourth-order valence-electron chi connectivity index (χ4n) is 9.13. The van der Waals surface area contributed by atoms with Gasteiger partial charge in [0, 0.05) is 19.2 Å². The van der Waals surface area contributed by atoms with Gasteiger partial charge in [-0.1, -0.05) is 6.92 Å². The second-order valence-electron chi connectivity index (χ2n) is 12.3. The number of carbonyl (C=O) groups excluding carboxylic acids is 1. The van der Waals surface area contributed by atoms with Crippen LogP contribution >= 0.6 is 0 Å². The van der Waals surface area contributed by atoms with E-state index in [-0.39, 0.29) is 16.7 Å². The van der Waals surface area contributed by atoms with Gasteiger partial charge >= 0.3 is 0 Å². The lowest BCUT2D eigenvalue weighted by Crippen LogP contribution is -2.58. The van der Waals surface area contributed by atoms with Gasteiger partial charge in [-0.05, 0) is 112 Å². The number of aryl methyl sites for hydroxylation is 1. The van der Waals surface area contributed by atoms with Crippen molar-refractivity contribution in [2.75, 3.05) is 13.7 Å². The van der Waals surface area contributed by atoms with Gasteiger partial charge < -0.3 is 9.84 Å². The Bertz CT molecular complexity index is 863. The first kappa shape index (κ1) is 22.6. The topological polar surface area (TPSA) is 64.3 Å². The molecular weight excluding hydrogens is 400 g/mol. The highest BCUT2D eigenvalue weighted by atomic mass is 16.5. The van der Waals surface area contributed by atoms with Crippen molar-refractivity contribution in [1.82, 2.24) is 9.78 Å². The van der Waals surface area contributed by atoms with E-state index in [9.17, 15) is 9.90 Å². The van der Waals surface area contributed by atoms with Gasteiger partial charge in [0.2, 0.25) is 0 Å². The van der Waals surface area contributed by atoms with Gasteiger partial charge in [0.15, 0.2) is 5.78 Å². The summed E-state index contributed by atoms with van der Waals surface area (Å²) < 4.78 is 7.70. The van der Waals surface area contributed by atoms with Gasteiger partial charge in [-0.15, -0.1) is 0 Å². The lowest BCUT2D eigenvalue weighted by molar-refractivity contribution is -0.175. The molecular formula is C27H42N2O3. The number of aromatic nitrogens is 2. The summed E-state index contributed by atoms with van der Waals surface area (Å²) in [6.45, 7) is 7.69. The fourth-order valence-corrected chi connectivity index (χ4v) is 9.13. The van der Waals surface area contributed by atoms with Crippen molar-refractivity contribution >= 4 is 5.78 Å². The van der Waals surface area contributed by atoms with Crippen LogP contribution in [0.25, 0.3) is 0 Å². The van der Waals surface area contributed by atoms with Crippen LogP contribution in [0.4, 0.5) is 0 Å². The first-order chi connectivity index (χ1) is 15.2. The minimum atomic E-state index is -0.520. The van der Waals surface area contributed by atoms with E-state index in [4.69, 9.17) is 4.74 Å². The van der Waals surface area contributed by atoms with Crippen molar-refractivity contribution in [2.45, 2.75) is 90.7 Å². The van der Waals surface area contributed by atoms with E-state index in [0.29, 0.717) is 36.0 Å². The van der Waals surface area contributed by atoms with Crippen LogP contribution in [0.2, 0.25) is 0 Å². The van der Waals surface area contributed by atoms with E-state index >= 15 is 0 Å². The number of aliphatic hydroxyl groups is 1. The molecule has 0 aromatic carbocycles. The average molecular weight is 443 g/mol. The molecule has 0 spiro atoms. The first-order valence-corrected chi connectivity index (χ1v) is 12.9. The Morgan fingerprint density at radius 1 is 1.16 bits per heavy atom. The molecule has 0 radical (unpaired) electrons. The molecule has 0 aliphatic heterocycles. The van der Waals surface area contributed by atoms with Gasteiger partial charge in [0.25, 0.3) is 0 Å². The van der Waals surface area contributed by atoms with Crippen LogP contribution < -0.4 is 0 Å². The number of hydrogen-bond acceptors (Lipinski definition) is 4. The standard InChI is InChI=1S/C27H42N2O3/c1-18-10-14-29(28-18)16-24(30)23-8-7-21-20-6-5-19-15-25(2,31)12-13-27(19,17-32-4)22(20)9-11-26(21,23)3/h10,14,19-23,31H,5-9,11-13,15-17H2,1-4H3/t19-,20+,21+,22+,23-,25-,26+,27-/m1/s1. The van der Waals surface area contributed by atoms with Crippen molar-refractivity contribution in [3.63, 3.8) is 0 Å². The number of methoxy groups -OCH3 is 1. The zero-order chi connectivity index (χ0) is 22.7. The molecule has 1 N–H and O–H groups in total. The monoisotopic (exact) mass is 442 g/mol. The molecule has 1 heterocycles. The molecule has 0 saturated heterocycles. The van der Waals surface area contributed by atoms with Crippen LogP contribution in [-0.2, 0) is 16.1 Å². The Kier molecular flexibility index (Phi) is 5.60. The normalized spacial score (nSPS) is 45.7. The molecule has 5 rings (SSSR count). The summed E-state index contributed by atoms with van der Waals surface area (Å²) in [6.07, 6.45) is 11.9. The summed E-state index contributed by atoms with van der Waals surface area (Å²) in [5, 5.41) is 15.3. The van der Waals surface area contributed by atoms with Crippen molar-refractivity contribution in [2.24, 2.45) is 40.4 Å².